The smallest absolute Gasteiger partial charge is 0.341 e. The lowest BCUT2D eigenvalue weighted by Crippen LogP contribution is -2.11. The molecule has 0 spiro atoms. The zero-order valence-corrected chi connectivity index (χ0v) is 11.6. The lowest BCUT2D eigenvalue weighted by molar-refractivity contribution is 0.234. The Hall–Kier alpha value is -2.02. The molecule has 1 N–H and O–H groups in total. The number of sulfone groups is 1. The van der Waals surface area contributed by atoms with Crippen molar-refractivity contribution in [3.63, 3.8) is 0 Å². The topological polar surface area (TPSA) is 46.2 Å². The van der Waals surface area contributed by atoms with Crippen LogP contribution in [-0.4, -0.2) is 14.2 Å². The second kappa shape index (κ2) is 6.17. The molecule has 112 valence electrons. The number of rotatable bonds is 5. The van der Waals surface area contributed by atoms with Gasteiger partial charge in [-0.1, -0.05) is 18.2 Å². The molecule has 0 aromatic heterocycles. The van der Waals surface area contributed by atoms with E-state index in [9.17, 15) is 21.6 Å². The summed E-state index contributed by atoms with van der Waals surface area (Å²) >= 11 is 0. The van der Waals surface area contributed by atoms with Gasteiger partial charge in [0.2, 0.25) is 9.84 Å². The molecule has 0 heterocycles. The van der Waals surface area contributed by atoms with Gasteiger partial charge < -0.3 is 5.32 Å². The molecule has 0 fully saturated rings. The van der Waals surface area contributed by atoms with E-state index in [-0.39, 0.29) is 12.4 Å². The van der Waals surface area contributed by atoms with Crippen molar-refractivity contribution in [2.45, 2.75) is 17.2 Å². The van der Waals surface area contributed by atoms with Gasteiger partial charge in [-0.2, -0.15) is 8.78 Å². The molecule has 0 radical (unpaired) electrons. The van der Waals surface area contributed by atoms with Crippen LogP contribution in [0.15, 0.2) is 53.4 Å². The maximum absolute atomic E-state index is 13.4. The monoisotopic (exact) mass is 315 g/mol. The molecule has 0 saturated heterocycles. The highest BCUT2D eigenvalue weighted by Gasteiger charge is 2.26. The number of benzene rings is 2. The van der Waals surface area contributed by atoms with Gasteiger partial charge in [0.25, 0.3) is 0 Å². The Morgan fingerprint density at radius 1 is 1.00 bits per heavy atom. The number of anilines is 1. The normalized spacial score (nSPS) is 11.6. The van der Waals surface area contributed by atoms with E-state index >= 15 is 0 Å². The minimum Gasteiger partial charge on any atom is -0.381 e. The number of nitrogens with one attached hydrogen (secondary N) is 1. The molecule has 0 aliphatic heterocycles. The maximum atomic E-state index is 13.4. The quantitative estimate of drug-likeness (QED) is 0.919. The highest BCUT2D eigenvalue weighted by molar-refractivity contribution is 7.91. The van der Waals surface area contributed by atoms with Crippen LogP contribution >= 0.6 is 0 Å². The number of halogens is 3. The zero-order valence-electron chi connectivity index (χ0n) is 10.8. The lowest BCUT2D eigenvalue weighted by atomic mass is 10.2. The van der Waals surface area contributed by atoms with Gasteiger partial charge in [-0.15, -0.1) is 0 Å². The Labute approximate surface area is 120 Å². The van der Waals surface area contributed by atoms with Crippen LogP contribution in [-0.2, 0) is 16.4 Å². The molecule has 0 unspecified atom stereocenters. The van der Waals surface area contributed by atoms with Crippen molar-refractivity contribution in [2.24, 2.45) is 0 Å². The van der Waals surface area contributed by atoms with Gasteiger partial charge in [-0.25, -0.2) is 12.8 Å². The first-order valence-corrected chi connectivity index (χ1v) is 7.55. The first-order chi connectivity index (χ1) is 9.91. The fourth-order valence-electron chi connectivity index (χ4n) is 1.70. The van der Waals surface area contributed by atoms with Crippen molar-refractivity contribution in [1.29, 1.82) is 0 Å². The molecule has 0 saturated carbocycles. The van der Waals surface area contributed by atoms with Crippen molar-refractivity contribution in [1.82, 2.24) is 0 Å². The summed E-state index contributed by atoms with van der Waals surface area (Å²) in [6.45, 7) is 0.202. The van der Waals surface area contributed by atoms with Crippen LogP contribution in [0.1, 0.15) is 5.56 Å². The summed E-state index contributed by atoms with van der Waals surface area (Å²) in [5.74, 6) is -3.81. The zero-order chi connectivity index (χ0) is 15.5. The van der Waals surface area contributed by atoms with Crippen molar-refractivity contribution >= 4 is 15.5 Å². The molecule has 0 atom stereocenters. The number of hydrogen-bond acceptors (Lipinski definition) is 3. The molecular formula is C14H12F3NO2S. The molecule has 7 heteroatoms. The van der Waals surface area contributed by atoms with Crippen molar-refractivity contribution in [3.8, 4) is 0 Å². The number of hydrogen-bond donors (Lipinski definition) is 1. The van der Waals surface area contributed by atoms with Crippen LogP contribution in [0.2, 0.25) is 0 Å². The predicted molar refractivity (Wildman–Crippen MR) is 73.4 cm³/mol. The van der Waals surface area contributed by atoms with Crippen LogP contribution in [0.4, 0.5) is 18.9 Å². The summed E-state index contributed by atoms with van der Waals surface area (Å²) in [6.07, 6.45) is 0. The van der Waals surface area contributed by atoms with Gasteiger partial charge in [-0.3, -0.25) is 0 Å². The summed E-state index contributed by atoms with van der Waals surface area (Å²) in [4.78, 5) is -0.450. The van der Waals surface area contributed by atoms with Crippen molar-refractivity contribution < 1.29 is 21.6 Å². The van der Waals surface area contributed by atoms with E-state index < -0.39 is 20.5 Å². The minimum absolute atomic E-state index is 0.202. The average molecular weight is 315 g/mol. The predicted octanol–water partition coefficient (Wildman–Crippen LogP) is 3.43. The van der Waals surface area contributed by atoms with Crippen LogP contribution in [0.3, 0.4) is 0 Å². The first-order valence-electron chi connectivity index (χ1n) is 6.00. The molecule has 2 aromatic rings. The summed E-state index contributed by atoms with van der Waals surface area (Å²) in [6, 6.07) is 11.1. The Morgan fingerprint density at radius 3 is 2.19 bits per heavy atom. The van der Waals surface area contributed by atoms with E-state index in [2.05, 4.69) is 5.32 Å². The number of alkyl halides is 2. The first kappa shape index (κ1) is 15.4. The Kier molecular flexibility index (Phi) is 4.52. The lowest BCUT2D eigenvalue weighted by Gasteiger charge is -2.08. The van der Waals surface area contributed by atoms with E-state index in [1.165, 1.54) is 18.2 Å². The fraction of sp³-hybridized carbons (Fsp3) is 0.143. The third-order valence-corrected chi connectivity index (χ3v) is 4.26. The minimum atomic E-state index is -4.59. The van der Waals surface area contributed by atoms with Gasteiger partial charge in [0.1, 0.15) is 5.82 Å². The molecule has 0 aliphatic carbocycles. The molecule has 0 bridgehead atoms. The third-order valence-electron chi connectivity index (χ3n) is 2.86. The van der Waals surface area contributed by atoms with E-state index in [4.69, 9.17) is 0 Å². The second-order valence-electron chi connectivity index (χ2n) is 4.28. The largest absolute Gasteiger partial charge is 0.381 e. The highest BCUT2D eigenvalue weighted by atomic mass is 32.2. The van der Waals surface area contributed by atoms with E-state index in [1.807, 2.05) is 0 Å². The summed E-state index contributed by atoms with van der Waals surface area (Å²) in [5.41, 5.74) is 0.952. The molecular weight excluding hydrogens is 303 g/mol. The molecule has 2 aromatic carbocycles. The van der Waals surface area contributed by atoms with Crippen molar-refractivity contribution in [3.05, 3.63) is 59.9 Å². The van der Waals surface area contributed by atoms with E-state index in [0.29, 0.717) is 11.3 Å². The van der Waals surface area contributed by atoms with Gasteiger partial charge in [0, 0.05) is 17.8 Å². The van der Waals surface area contributed by atoms with Crippen molar-refractivity contribution in [2.75, 3.05) is 5.32 Å². The van der Waals surface area contributed by atoms with E-state index in [0.717, 1.165) is 12.1 Å². The van der Waals surface area contributed by atoms with Gasteiger partial charge in [-0.05, 0) is 30.3 Å². The van der Waals surface area contributed by atoms with Crippen LogP contribution in [0.25, 0.3) is 0 Å². The Balaban J connectivity index is 2.09. The SMILES string of the molecule is O=S(=O)(c1ccc(NCc2ccccc2F)cc1)C(F)F. The molecule has 3 nitrogen and oxygen atoms in total. The summed E-state index contributed by atoms with van der Waals surface area (Å²) in [7, 11) is -4.59. The third kappa shape index (κ3) is 3.55. The summed E-state index contributed by atoms with van der Waals surface area (Å²) < 4.78 is 60.6. The molecule has 2 rings (SSSR count). The maximum Gasteiger partial charge on any atom is 0.341 e. The molecule has 0 amide bonds. The van der Waals surface area contributed by atoms with Crippen LogP contribution in [0.5, 0.6) is 0 Å². The van der Waals surface area contributed by atoms with Crippen LogP contribution in [0, 0.1) is 5.82 Å². The Morgan fingerprint density at radius 2 is 1.62 bits per heavy atom. The van der Waals surface area contributed by atoms with Crippen LogP contribution < -0.4 is 5.32 Å². The van der Waals surface area contributed by atoms with Gasteiger partial charge in [0.05, 0.1) is 4.90 Å². The van der Waals surface area contributed by atoms with Gasteiger partial charge in [0.15, 0.2) is 0 Å². The average Bonchev–Trinajstić information content (AvgIpc) is 2.46. The standard InChI is InChI=1S/C14H12F3NO2S/c15-13-4-2-1-3-10(13)9-18-11-5-7-12(8-6-11)21(19,20)14(16)17/h1-8,14,18H,9H2. The van der Waals surface area contributed by atoms with Gasteiger partial charge >= 0.3 is 5.76 Å². The molecule has 21 heavy (non-hydrogen) atoms. The fourth-order valence-corrected chi connectivity index (χ4v) is 2.43. The second-order valence-corrected chi connectivity index (χ2v) is 6.19. The summed E-state index contributed by atoms with van der Waals surface area (Å²) in [5, 5.41) is 2.89. The highest BCUT2D eigenvalue weighted by Crippen LogP contribution is 2.20. The Bertz CT molecular complexity index is 715. The molecule has 0 aliphatic rings. The van der Waals surface area contributed by atoms with E-state index in [1.54, 1.807) is 18.2 Å².